The van der Waals surface area contributed by atoms with Crippen LogP contribution in [0.15, 0.2) is 11.6 Å². The zero-order chi connectivity index (χ0) is 21.8. The average Bonchev–Trinajstić information content (AvgIpc) is 3.29. The van der Waals surface area contributed by atoms with Crippen LogP contribution in [-0.4, -0.2) is 78.5 Å². The SMILES string of the molecule is COC1C(OC(=O)NCCCl)CCC(O)(C[S+](C)C)C1C1(C)OC1CC=C(C)C. The van der Waals surface area contributed by atoms with Crippen LogP contribution in [0, 0.1) is 5.92 Å². The number of carbonyl (C=O) groups is 1. The summed E-state index contributed by atoms with van der Waals surface area (Å²) in [7, 11) is 1.66. The van der Waals surface area contributed by atoms with E-state index in [9.17, 15) is 9.90 Å². The van der Waals surface area contributed by atoms with Crippen LogP contribution in [0.25, 0.3) is 0 Å². The summed E-state index contributed by atoms with van der Waals surface area (Å²) < 4.78 is 17.7. The molecular weight excluding hydrogens is 414 g/mol. The molecular formula is C21H37ClNO5S+. The number of methoxy groups -OCH3 is 1. The fraction of sp³-hybridized carbons (Fsp3) is 0.857. The number of nitrogens with one attached hydrogen (secondary N) is 1. The Labute approximate surface area is 183 Å². The molecule has 0 aromatic heterocycles. The number of hydrogen-bond acceptors (Lipinski definition) is 5. The highest BCUT2D eigenvalue weighted by Crippen LogP contribution is 2.54. The Bertz CT molecular complexity index is 600. The summed E-state index contributed by atoms with van der Waals surface area (Å²) in [6, 6.07) is 0. The minimum absolute atomic E-state index is 0.0193. The van der Waals surface area contributed by atoms with Gasteiger partial charge in [-0.15, -0.1) is 11.6 Å². The number of hydrogen-bond donors (Lipinski definition) is 2. The zero-order valence-electron chi connectivity index (χ0n) is 18.5. The summed E-state index contributed by atoms with van der Waals surface area (Å²) in [5, 5.41) is 14.4. The van der Waals surface area contributed by atoms with Crippen LogP contribution in [0.5, 0.6) is 0 Å². The first-order valence-electron chi connectivity index (χ1n) is 10.2. The van der Waals surface area contributed by atoms with Crippen molar-refractivity contribution in [3.05, 3.63) is 11.6 Å². The van der Waals surface area contributed by atoms with Crippen molar-refractivity contribution >= 4 is 28.6 Å². The summed E-state index contributed by atoms with van der Waals surface area (Å²) >= 11 is 5.64. The Kier molecular flexibility index (Phi) is 8.74. The van der Waals surface area contributed by atoms with E-state index in [2.05, 4.69) is 44.7 Å². The van der Waals surface area contributed by atoms with Gasteiger partial charge in [-0.05, 0) is 50.9 Å². The fourth-order valence-corrected chi connectivity index (χ4v) is 6.09. The third-order valence-electron chi connectivity index (χ3n) is 5.90. The second-order valence-electron chi connectivity index (χ2n) is 8.82. The molecule has 6 unspecified atom stereocenters. The molecule has 168 valence electrons. The number of ether oxygens (including phenoxy) is 3. The molecule has 2 fully saturated rings. The van der Waals surface area contributed by atoms with Gasteiger partial charge in [-0.1, -0.05) is 11.6 Å². The van der Waals surface area contributed by atoms with E-state index < -0.39 is 29.5 Å². The number of amides is 1. The number of halogens is 1. The van der Waals surface area contributed by atoms with Gasteiger partial charge in [0.2, 0.25) is 0 Å². The van der Waals surface area contributed by atoms with Crippen molar-refractivity contribution in [3.63, 3.8) is 0 Å². The highest BCUT2D eigenvalue weighted by atomic mass is 35.5. The molecule has 0 aromatic rings. The molecule has 2 rings (SSSR count). The summed E-state index contributed by atoms with van der Waals surface area (Å²) in [5.74, 6) is 0.713. The molecule has 6 nitrogen and oxygen atoms in total. The van der Waals surface area contributed by atoms with Crippen LogP contribution >= 0.6 is 11.6 Å². The van der Waals surface area contributed by atoms with Gasteiger partial charge < -0.3 is 24.6 Å². The van der Waals surface area contributed by atoms with Crippen molar-refractivity contribution in [2.75, 3.05) is 37.8 Å². The van der Waals surface area contributed by atoms with Gasteiger partial charge in [-0.25, -0.2) is 4.79 Å². The van der Waals surface area contributed by atoms with Crippen LogP contribution in [0.2, 0.25) is 0 Å². The average molecular weight is 451 g/mol. The molecule has 0 spiro atoms. The number of alkyl halides is 1. The van der Waals surface area contributed by atoms with Gasteiger partial charge in [0.05, 0.1) is 24.5 Å². The Morgan fingerprint density at radius 1 is 1.41 bits per heavy atom. The maximum atomic E-state index is 12.1. The van der Waals surface area contributed by atoms with E-state index in [0.717, 1.165) is 6.42 Å². The highest BCUT2D eigenvalue weighted by Gasteiger charge is 2.68. The van der Waals surface area contributed by atoms with Crippen LogP contribution in [0.4, 0.5) is 4.79 Å². The Balaban J connectivity index is 2.26. The van der Waals surface area contributed by atoms with Crippen molar-refractivity contribution in [1.82, 2.24) is 5.32 Å². The molecule has 1 amide bonds. The van der Waals surface area contributed by atoms with Crippen LogP contribution < -0.4 is 5.32 Å². The lowest BCUT2D eigenvalue weighted by Gasteiger charge is -2.47. The predicted octanol–water partition coefficient (Wildman–Crippen LogP) is 2.87. The predicted molar refractivity (Wildman–Crippen MR) is 119 cm³/mol. The minimum atomic E-state index is -0.922. The lowest BCUT2D eigenvalue weighted by Crippen LogP contribution is -2.62. The van der Waals surface area contributed by atoms with Gasteiger partial charge >= 0.3 is 6.09 Å². The van der Waals surface area contributed by atoms with Crippen molar-refractivity contribution in [3.8, 4) is 0 Å². The number of epoxide rings is 1. The van der Waals surface area contributed by atoms with Crippen molar-refractivity contribution in [1.29, 1.82) is 0 Å². The largest absolute Gasteiger partial charge is 0.443 e. The molecule has 0 aromatic carbocycles. The molecule has 0 bridgehead atoms. The smallest absolute Gasteiger partial charge is 0.407 e. The van der Waals surface area contributed by atoms with E-state index in [0.29, 0.717) is 31.0 Å². The Morgan fingerprint density at radius 2 is 2.10 bits per heavy atom. The molecule has 1 saturated carbocycles. The first-order chi connectivity index (χ1) is 13.6. The molecule has 6 atom stereocenters. The van der Waals surface area contributed by atoms with Gasteiger partial charge in [0.25, 0.3) is 0 Å². The maximum Gasteiger partial charge on any atom is 0.407 e. The van der Waals surface area contributed by atoms with Crippen molar-refractivity contribution < 1.29 is 24.1 Å². The van der Waals surface area contributed by atoms with Gasteiger partial charge in [-0.2, -0.15) is 0 Å². The number of rotatable bonds is 9. The first kappa shape index (κ1) is 24.8. The lowest BCUT2D eigenvalue weighted by molar-refractivity contribution is -0.170. The second kappa shape index (κ2) is 10.2. The summed E-state index contributed by atoms with van der Waals surface area (Å²) in [4.78, 5) is 12.1. The molecule has 0 radical (unpaired) electrons. The molecule has 29 heavy (non-hydrogen) atoms. The van der Waals surface area contributed by atoms with E-state index in [1.807, 2.05) is 0 Å². The van der Waals surface area contributed by atoms with Crippen LogP contribution in [0.3, 0.4) is 0 Å². The summed E-state index contributed by atoms with van der Waals surface area (Å²) in [5.41, 5.74) is -0.199. The molecule has 8 heteroatoms. The molecule has 1 aliphatic carbocycles. The summed E-state index contributed by atoms with van der Waals surface area (Å²) in [6.45, 7) is 6.53. The number of allylic oxidation sites excluding steroid dienone is 1. The molecule has 2 N–H and O–H groups in total. The topological polar surface area (TPSA) is 80.3 Å². The first-order valence-corrected chi connectivity index (χ1v) is 12.9. The zero-order valence-corrected chi connectivity index (χ0v) is 20.1. The maximum absolute atomic E-state index is 12.1. The minimum Gasteiger partial charge on any atom is -0.443 e. The highest BCUT2D eigenvalue weighted by molar-refractivity contribution is 7.95. The van der Waals surface area contributed by atoms with E-state index in [4.69, 9.17) is 25.8 Å². The van der Waals surface area contributed by atoms with E-state index >= 15 is 0 Å². The molecule has 2 aliphatic rings. The van der Waals surface area contributed by atoms with Gasteiger partial charge in [-0.3, -0.25) is 0 Å². The van der Waals surface area contributed by atoms with Crippen LogP contribution in [-0.2, 0) is 25.1 Å². The number of alkyl carbamates (subject to hydrolysis) is 1. The van der Waals surface area contributed by atoms with E-state index in [1.54, 1.807) is 7.11 Å². The van der Waals surface area contributed by atoms with E-state index in [1.165, 1.54) is 5.57 Å². The van der Waals surface area contributed by atoms with Gasteiger partial charge in [0.1, 0.15) is 29.2 Å². The van der Waals surface area contributed by atoms with Crippen molar-refractivity contribution in [2.24, 2.45) is 5.92 Å². The third kappa shape index (κ3) is 6.03. The molecule has 1 saturated heterocycles. The summed E-state index contributed by atoms with van der Waals surface area (Å²) in [6.07, 6.45) is 6.95. The normalized spacial score (nSPS) is 36.6. The van der Waals surface area contributed by atoms with Crippen molar-refractivity contribution in [2.45, 2.75) is 69.5 Å². The van der Waals surface area contributed by atoms with E-state index in [-0.39, 0.29) is 22.9 Å². The quantitative estimate of drug-likeness (QED) is 0.244. The monoisotopic (exact) mass is 450 g/mol. The fourth-order valence-electron chi connectivity index (χ4n) is 4.67. The Morgan fingerprint density at radius 3 is 2.66 bits per heavy atom. The standard InChI is InChI=1S/C21H36ClNO5S/c1-14(2)7-8-16-20(3,28-16)18-17(26-4)15(27-19(24)23-12-11-22)9-10-21(18,25)13-29(5)6/h7,15-18,25H,8-13H2,1-6H3/p+1. The van der Waals surface area contributed by atoms with Crippen LogP contribution in [0.1, 0.15) is 40.0 Å². The third-order valence-corrected chi connectivity index (χ3v) is 7.17. The molecule has 1 aliphatic heterocycles. The van der Waals surface area contributed by atoms with Gasteiger partial charge in [0, 0.05) is 19.5 Å². The number of aliphatic hydroxyl groups is 1. The number of carbonyl (C=O) groups excluding carboxylic acids is 1. The van der Waals surface area contributed by atoms with Gasteiger partial charge in [0.15, 0.2) is 0 Å². The lowest BCUT2D eigenvalue weighted by atomic mass is 9.66. The Hall–Kier alpha value is -0.470. The molecule has 1 heterocycles. The second-order valence-corrected chi connectivity index (χ2v) is 11.5.